The topological polar surface area (TPSA) is 37.6 Å². The van der Waals surface area contributed by atoms with Gasteiger partial charge in [-0.2, -0.15) is 0 Å². The summed E-state index contributed by atoms with van der Waals surface area (Å²) in [5.74, 6) is 0.971. The van der Waals surface area contributed by atoms with Crippen molar-refractivity contribution in [2.45, 2.75) is 19.1 Å². The Kier molecular flexibility index (Phi) is 4.62. The molecule has 2 rings (SSSR count). The zero-order valence-corrected chi connectivity index (χ0v) is 11.9. The lowest BCUT2D eigenvalue weighted by molar-refractivity contribution is -0.0751. The van der Waals surface area contributed by atoms with Crippen LogP contribution in [-0.4, -0.2) is 44.3 Å². The zero-order chi connectivity index (χ0) is 12.3. The highest BCUT2D eigenvalue weighted by Crippen LogP contribution is 2.31. The molecule has 96 valence electrons. The summed E-state index contributed by atoms with van der Waals surface area (Å²) in [5, 5.41) is 3.18. The van der Waals surface area contributed by atoms with E-state index in [4.69, 9.17) is 9.15 Å². The molecule has 4 nitrogen and oxygen atoms in total. The second kappa shape index (κ2) is 6.00. The predicted octanol–water partition coefficient (Wildman–Crippen LogP) is 2.02. The van der Waals surface area contributed by atoms with Crippen LogP contribution in [0.15, 0.2) is 21.2 Å². The van der Waals surface area contributed by atoms with E-state index in [0.29, 0.717) is 0 Å². The van der Waals surface area contributed by atoms with Crippen LogP contribution < -0.4 is 5.32 Å². The van der Waals surface area contributed by atoms with Gasteiger partial charge in [0.1, 0.15) is 5.76 Å². The number of morpholine rings is 1. The molecular weight excluding hydrogens is 284 g/mol. The molecule has 1 aliphatic rings. The van der Waals surface area contributed by atoms with E-state index in [1.54, 1.807) is 0 Å². The Morgan fingerprint density at radius 1 is 1.53 bits per heavy atom. The Hall–Kier alpha value is -0.360. The number of halogens is 1. The fourth-order valence-electron chi connectivity index (χ4n) is 2.36. The summed E-state index contributed by atoms with van der Waals surface area (Å²) in [6.07, 6.45) is 0.145. The summed E-state index contributed by atoms with van der Waals surface area (Å²) in [5.41, 5.74) is 0. The molecule has 0 saturated carbocycles. The van der Waals surface area contributed by atoms with Gasteiger partial charge < -0.3 is 14.5 Å². The predicted molar refractivity (Wildman–Crippen MR) is 70.1 cm³/mol. The minimum Gasteiger partial charge on any atom is -0.453 e. The maximum absolute atomic E-state index is 5.85. The Bertz CT molecular complexity index is 354. The summed E-state index contributed by atoms with van der Waals surface area (Å²) in [6, 6.07) is 4.16. The molecule has 0 bridgehead atoms. The molecule has 1 aromatic rings. The third-order valence-corrected chi connectivity index (χ3v) is 3.58. The Morgan fingerprint density at radius 3 is 2.94 bits per heavy atom. The Morgan fingerprint density at radius 2 is 2.35 bits per heavy atom. The minimum absolute atomic E-state index is 0.145. The maximum atomic E-state index is 5.85. The van der Waals surface area contributed by atoms with Crippen molar-refractivity contribution in [3.05, 3.63) is 22.6 Å². The van der Waals surface area contributed by atoms with E-state index in [2.05, 4.69) is 33.1 Å². The van der Waals surface area contributed by atoms with Gasteiger partial charge in [-0.3, -0.25) is 4.90 Å². The van der Waals surface area contributed by atoms with E-state index >= 15 is 0 Å². The van der Waals surface area contributed by atoms with E-state index in [-0.39, 0.29) is 12.1 Å². The second-order valence-corrected chi connectivity index (χ2v) is 4.96. The number of furan rings is 1. The van der Waals surface area contributed by atoms with Crippen LogP contribution >= 0.6 is 15.9 Å². The van der Waals surface area contributed by atoms with Gasteiger partial charge in [0.05, 0.1) is 18.8 Å². The molecule has 0 spiro atoms. The lowest BCUT2D eigenvalue weighted by atomic mass is 10.0. The van der Waals surface area contributed by atoms with Crippen molar-refractivity contribution in [3.8, 4) is 0 Å². The molecule has 2 atom stereocenters. The normalized spacial score (nSPS) is 26.3. The van der Waals surface area contributed by atoms with Crippen molar-refractivity contribution in [1.82, 2.24) is 10.2 Å². The van der Waals surface area contributed by atoms with E-state index in [1.165, 1.54) is 0 Å². The smallest absolute Gasteiger partial charge is 0.169 e. The molecule has 0 amide bonds. The molecule has 0 radical (unpaired) electrons. The summed E-state index contributed by atoms with van der Waals surface area (Å²) < 4.78 is 12.3. The van der Waals surface area contributed by atoms with Crippen molar-refractivity contribution >= 4 is 15.9 Å². The first-order chi connectivity index (χ1) is 8.26. The van der Waals surface area contributed by atoms with Gasteiger partial charge in [-0.1, -0.05) is 6.92 Å². The van der Waals surface area contributed by atoms with Gasteiger partial charge in [-0.05, 0) is 41.7 Å². The fraction of sp³-hybridized carbons (Fsp3) is 0.667. The fourth-order valence-corrected chi connectivity index (χ4v) is 2.68. The van der Waals surface area contributed by atoms with Gasteiger partial charge in [0, 0.05) is 13.1 Å². The number of ether oxygens (including phenoxy) is 1. The Balaban J connectivity index is 2.21. The number of hydrogen-bond acceptors (Lipinski definition) is 4. The molecule has 1 aromatic heterocycles. The highest BCUT2D eigenvalue weighted by atomic mass is 79.9. The van der Waals surface area contributed by atoms with E-state index in [1.807, 2.05) is 19.2 Å². The summed E-state index contributed by atoms with van der Waals surface area (Å²) >= 11 is 3.36. The van der Waals surface area contributed by atoms with Crippen molar-refractivity contribution in [2.75, 3.05) is 33.3 Å². The lowest BCUT2D eigenvalue weighted by Gasteiger charge is -2.39. The van der Waals surface area contributed by atoms with Gasteiger partial charge in [0.15, 0.2) is 4.67 Å². The van der Waals surface area contributed by atoms with Crippen molar-refractivity contribution < 1.29 is 9.15 Å². The molecule has 17 heavy (non-hydrogen) atoms. The second-order valence-electron chi connectivity index (χ2n) is 4.18. The van der Waals surface area contributed by atoms with Crippen LogP contribution in [0.4, 0.5) is 0 Å². The number of hydrogen-bond donors (Lipinski definition) is 1. The third-order valence-electron chi connectivity index (χ3n) is 3.15. The van der Waals surface area contributed by atoms with Gasteiger partial charge in [-0.25, -0.2) is 0 Å². The van der Waals surface area contributed by atoms with Crippen LogP contribution in [0.1, 0.15) is 18.7 Å². The molecule has 1 saturated heterocycles. The molecular formula is C12H19BrN2O2. The highest BCUT2D eigenvalue weighted by Gasteiger charge is 2.34. The van der Waals surface area contributed by atoms with Gasteiger partial charge >= 0.3 is 0 Å². The summed E-state index contributed by atoms with van der Waals surface area (Å²) in [7, 11) is 1.95. The van der Waals surface area contributed by atoms with Crippen molar-refractivity contribution in [1.29, 1.82) is 0 Å². The van der Waals surface area contributed by atoms with Crippen molar-refractivity contribution in [3.63, 3.8) is 0 Å². The number of nitrogens with one attached hydrogen (secondary N) is 1. The van der Waals surface area contributed by atoms with Crippen LogP contribution in [0, 0.1) is 0 Å². The summed E-state index contributed by atoms with van der Waals surface area (Å²) in [6.45, 7) is 5.76. The number of nitrogens with zero attached hydrogens (tertiary/aromatic N) is 1. The van der Waals surface area contributed by atoms with Crippen LogP contribution in [0.5, 0.6) is 0 Å². The van der Waals surface area contributed by atoms with Crippen LogP contribution in [-0.2, 0) is 4.74 Å². The third kappa shape index (κ3) is 2.91. The zero-order valence-electron chi connectivity index (χ0n) is 10.3. The van der Waals surface area contributed by atoms with Crippen LogP contribution in [0.25, 0.3) is 0 Å². The lowest BCUT2D eigenvalue weighted by Crippen LogP contribution is -2.48. The van der Waals surface area contributed by atoms with Gasteiger partial charge in [0.2, 0.25) is 0 Å². The molecule has 2 unspecified atom stereocenters. The average molecular weight is 303 g/mol. The van der Waals surface area contributed by atoms with Gasteiger partial charge in [-0.15, -0.1) is 0 Å². The van der Waals surface area contributed by atoms with E-state index in [9.17, 15) is 0 Å². The minimum atomic E-state index is 0.145. The molecule has 5 heteroatoms. The van der Waals surface area contributed by atoms with E-state index < -0.39 is 0 Å². The highest BCUT2D eigenvalue weighted by molar-refractivity contribution is 9.10. The quantitative estimate of drug-likeness (QED) is 0.923. The first kappa shape index (κ1) is 13.1. The first-order valence-corrected chi connectivity index (χ1v) is 6.81. The molecule has 2 heterocycles. The maximum Gasteiger partial charge on any atom is 0.169 e. The van der Waals surface area contributed by atoms with Crippen LogP contribution in [0.3, 0.4) is 0 Å². The van der Waals surface area contributed by atoms with Crippen LogP contribution in [0.2, 0.25) is 0 Å². The molecule has 1 aliphatic heterocycles. The molecule has 1 N–H and O–H groups in total. The largest absolute Gasteiger partial charge is 0.453 e. The van der Waals surface area contributed by atoms with Gasteiger partial charge in [0.25, 0.3) is 0 Å². The van der Waals surface area contributed by atoms with Crippen molar-refractivity contribution in [2.24, 2.45) is 0 Å². The molecule has 0 aliphatic carbocycles. The number of likely N-dealkylation sites (N-methyl/N-ethyl adjacent to an activating group) is 2. The monoisotopic (exact) mass is 302 g/mol. The standard InChI is InChI=1S/C12H19BrN2O2/c1-3-15-6-7-16-10(8-14-2)12(15)9-4-5-11(13)17-9/h4-5,10,12,14H,3,6-8H2,1-2H3. The summed E-state index contributed by atoms with van der Waals surface area (Å²) in [4.78, 5) is 2.40. The SMILES string of the molecule is CCN1CCOC(CNC)C1c1ccc(Br)o1. The number of rotatable bonds is 4. The first-order valence-electron chi connectivity index (χ1n) is 6.01. The average Bonchev–Trinajstić information content (AvgIpc) is 2.75. The molecule has 1 fully saturated rings. The van der Waals surface area contributed by atoms with E-state index in [0.717, 1.165) is 36.7 Å². The molecule has 0 aromatic carbocycles. The Labute approximate surface area is 110 Å².